The van der Waals surface area contributed by atoms with Gasteiger partial charge in [0.25, 0.3) is 11.8 Å². The van der Waals surface area contributed by atoms with Crippen LogP contribution >= 0.6 is 0 Å². The second-order valence-electron chi connectivity index (χ2n) is 4.82. The molecule has 0 amide bonds. The van der Waals surface area contributed by atoms with Crippen molar-refractivity contribution in [3.05, 3.63) is 0 Å². The minimum Gasteiger partial charge on any atom is -0.308 e. The first-order chi connectivity index (χ1) is 7.29. The number of hydrogen-bond acceptors (Lipinski definition) is 1. The summed E-state index contributed by atoms with van der Waals surface area (Å²) in [6.45, 7) is -0.109. The van der Waals surface area contributed by atoms with Crippen molar-refractivity contribution in [2.75, 3.05) is 6.54 Å². The Morgan fingerprint density at radius 3 is 2.12 bits per heavy atom. The van der Waals surface area contributed by atoms with Gasteiger partial charge in [0.2, 0.25) is 0 Å². The molecule has 1 saturated carbocycles. The average Bonchev–Trinajstić information content (AvgIpc) is 2.13. The third-order valence-electron chi connectivity index (χ3n) is 2.82. The molecule has 0 aromatic carbocycles. The van der Waals surface area contributed by atoms with E-state index in [-0.39, 0.29) is 6.04 Å². The van der Waals surface area contributed by atoms with Crippen LogP contribution in [0, 0.1) is 0 Å². The summed E-state index contributed by atoms with van der Waals surface area (Å²) in [7, 11) is 0. The molecule has 1 rings (SSSR count). The Kier molecular flexibility index (Phi) is 4.59. The molecule has 0 aromatic heterocycles. The van der Waals surface area contributed by atoms with E-state index >= 15 is 0 Å². The summed E-state index contributed by atoms with van der Waals surface area (Å²) in [4.78, 5) is 0. The first kappa shape index (κ1) is 13.7. The minimum absolute atomic E-state index is 0.0742. The molecule has 0 saturated heterocycles. The van der Waals surface area contributed by atoms with E-state index in [1.165, 1.54) is 0 Å². The number of hydrogen-bond donors (Lipinski definition) is 1. The van der Waals surface area contributed by atoms with Crippen molar-refractivity contribution in [3.8, 4) is 0 Å². The van der Waals surface area contributed by atoms with Gasteiger partial charge in [-0.05, 0) is 19.8 Å². The second-order valence-corrected chi connectivity index (χ2v) is 4.82. The lowest BCUT2D eigenvalue weighted by Crippen LogP contribution is -2.42. The maximum Gasteiger partial charge on any atom is 0.266 e. The summed E-state index contributed by atoms with van der Waals surface area (Å²) in [5, 5.41) is 2.70. The van der Waals surface area contributed by atoms with E-state index in [1.807, 2.05) is 0 Å². The normalized spacial score (nSPS) is 20.1. The molecule has 0 unspecified atom stereocenters. The zero-order valence-corrected chi connectivity index (χ0v) is 9.54. The molecule has 1 N–H and O–H groups in total. The molecule has 0 atom stereocenters. The molecule has 0 aliphatic heterocycles. The summed E-state index contributed by atoms with van der Waals surface area (Å²) in [5.74, 6) is -6.63. The van der Waals surface area contributed by atoms with Crippen molar-refractivity contribution in [3.63, 3.8) is 0 Å². The van der Waals surface area contributed by atoms with Gasteiger partial charge >= 0.3 is 0 Å². The predicted molar refractivity (Wildman–Crippen MR) is 55.1 cm³/mol. The molecule has 0 heterocycles. The van der Waals surface area contributed by atoms with Gasteiger partial charge in [0.15, 0.2) is 0 Å². The first-order valence-electron chi connectivity index (χ1n) is 5.78. The van der Waals surface area contributed by atoms with Gasteiger partial charge in [-0.15, -0.1) is 0 Å². The highest BCUT2D eigenvalue weighted by molar-refractivity contribution is 4.80. The SMILES string of the molecule is CC(F)(F)CC(F)(F)CNC1CCCCC1. The van der Waals surface area contributed by atoms with E-state index in [1.54, 1.807) is 0 Å². The summed E-state index contributed by atoms with van der Waals surface area (Å²) in [6, 6.07) is 0.0742. The van der Waals surface area contributed by atoms with Gasteiger partial charge < -0.3 is 5.32 Å². The average molecular weight is 241 g/mol. The summed E-state index contributed by atoms with van der Waals surface area (Å²) in [6.07, 6.45) is 3.58. The zero-order chi connectivity index (χ0) is 12.2. The topological polar surface area (TPSA) is 12.0 Å². The highest BCUT2D eigenvalue weighted by Gasteiger charge is 2.39. The third-order valence-corrected chi connectivity index (χ3v) is 2.82. The Bertz CT molecular complexity index is 207. The van der Waals surface area contributed by atoms with E-state index in [4.69, 9.17) is 0 Å². The van der Waals surface area contributed by atoms with E-state index in [9.17, 15) is 17.6 Å². The van der Waals surface area contributed by atoms with E-state index in [0.717, 1.165) is 32.1 Å². The molecule has 0 aromatic rings. The van der Waals surface area contributed by atoms with Crippen molar-refractivity contribution in [2.45, 2.75) is 63.3 Å². The summed E-state index contributed by atoms with van der Waals surface area (Å²) < 4.78 is 51.2. The van der Waals surface area contributed by atoms with Gasteiger partial charge in [0, 0.05) is 6.04 Å². The van der Waals surface area contributed by atoms with Gasteiger partial charge in [-0.1, -0.05) is 19.3 Å². The van der Waals surface area contributed by atoms with Crippen LogP contribution in [-0.4, -0.2) is 24.4 Å². The number of nitrogens with one attached hydrogen (secondary N) is 1. The van der Waals surface area contributed by atoms with Crippen LogP contribution in [0.5, 0.6) is 0 Å². The molecule has 0 radical (unpaired) electrons. The van der Waals surface area contributed by atoms with Gasteiger partial charge in [0.1, 0.15) is 0 Å². The molecule has 1 aliphatic carbocycles. The highest BCUT2D eigenvalue weighted by Crippen LogP contribution is 2.30. The van der Waals surface area contributed by atoms with Crippen molar-refractivity contribution >= 4 is 0 Å². The molecule has 96 valence electrons. The fraction of sp³-hybridized carbons (Fsp3) is 1.00. The quantitative estimate of drug-likeness (QED) is 0.725. The summed E-state index contributed by atoms with van der Waals surface area (Å²) >= 11 is 0. The Balaban J connectivity index is 2.29. The van der Waals surface area contributed by atoms with Gasteiger partial charge in [-0.2, -0.15) is 0 Å². The molecule has 1 aliphatic rings. The lowest BCUT2D eigenvalue weighted by Gasteiger charge is -2.26. The molecule has 16 heavy (non-hydrogen) atoms. The molecular weight excluding hydrogens is 222 g/mol. The number of rotatable bonds is 5. The highest BCUT2D eigenvalue weighted by atomic mass is 19.3. The van der Waals surface area contributed by atoms with Gasteiger partial charge in [0.05, 0.1) is 13.0 Å². The first-order valence-corrected chi connectivity index (χ1v) is 5.78. The van der Waals surface area contributed by atoms with Crippen molar-refractivity contribution in [1.29, 1.82) is 0 Å². The fourth-order valence-corrected chi connectivity index (χ4v) is 2.12. The van der Waals surface area contributed by atoms with Crippen LogP contribution in [0.15, 0.2) is 0 Å². The van der Waals surface area contributed by atoms with Crippen molar-refractivity contribution in [1.82, 2.24) is 5.32 Å². The Morgan fingerprint density at radius 2 is 1.62 bits per heavy atom. The minimum atomic E-state index is -3.32. The van der Waals surface area contributed by atoms with E-state index in [0.29, 0.717) is 6.92 Å². The van der Waals surface area contributed by atoms with Crippen LogP contribution in [0.4, 0.5) is 17.6 Å². The Morgan fingerprint density at radius 1 is 1.06 bits per heavy atom. The van der Waals surface area contributed by atoms with Gasteiger partial charge in [-0.3, -0.25) is 0 Å². The standard InChI is InChI=1S/C11H19F4N/c1-10(12,13)7-11(14,15)8-16-9-5-3-2-4-6-9/h9,16H,2-8H2,1H3. The molecule has 1 fully saturated rings. The van der Waals surface area contributed by atoms with Gasteiger partial charge in [-0.25, -0.2) is 17.6 Å². The van der Waals surface area contributed by atoms with Crippen LogP contribution in [-0.2, 0) is 0 Å². The maximum absolute atomic E-state index is 13.1. The second kappa shape index (κ2) is 5.34. The lowest BCUT2D eigenvalue weighted by molar-refractivity contribution is -0.0997. The smallest absolute Gasteiger partial charge is 0.266 e. The van der Waals surface area contributed by atoms with E-state index in [2.05, 4.69) is 5.32 Å². The number of halogens is 4. The molecule has 5 heteroatoms. The zero-order valence-electron chi connectivity index (χ0n) is 9.54. The van der Waals surface area contributed by atoms with Crippen LogP contribution in [0.3, 0.4) is 0 Å². The molecule has 1 nitrogen and oxygen atoms in total. The van der Waals surface area contributed by atoms with Crippen LogP contribution in [0.25, 0.3) is 0 Å². The molecule has 0 spiro atoms. The van der Waals surface area contributed by atoms with Crippen LogP contribution in [0.2, 0.25) is 0 Å². The monoisotopic (exact) mass is 241 g/mol. The van der Waals surface area contributed by atoms with Crippen molar-refractivity contribution in [2.24, 2.45) is 0 Å². The molecular formula is C11H19F4N. The lowest BCUT2D eigenvalue weighted by atomic mass is 9.95. The third kappa shape index (κ3) is 5.68. The van der Waals surface area contributed by atoms with E-state index < -0.39 is 24.8 Å². The predicted octanol–water partition coefficient (Wildman–Crippen LogP) is 3.59. The largest absolute Gasteiger partial charge is 0.308 e. The summed E-state index contributed by atoms with van der Waals surface area (Å²) in [5.41, 5.74) is 0. The maximum atomic E-state index is 13.1. The fourth-order valence-electron chi connectivity index (χ4n) is 2.12. The number of alkyl halides is 4. The van der Waals surface area contributed by atoms with Crippen LogP contribution < -0.4 is 5.32 Å². The van der Waals surface area contributed by atoms with Crippen molar-refractivity contribution < 1.29 is 17.6 Å². The Hall–Kier alpha value is -0.320. The molecule has 0 bridgehead atoms. The van der Waals surface area contributed by atoms with Crippen LogP contribution in [0.1, 0.15) is 45.4 Å². The Labute approximate surface area is 93.6 Å².